The highest BCUT2D eigenvalue weighted by molar-refractivity contribution is 7.87. The minimum Gasteiger partial charge on any atom is -0.466 e. The number of aromatic nitrogens is 3. The second kappa shape index (κ2) is 12.8. The first-order chi connectivity index (χ1) is 18.3. The Hall–Kier alpha value is -3.61. The molecule has 1 aliphatic rings. The van der Waals surface area contributed by atoms with E-state index in [0.29, 0.717) is 31.7 Å². The first kappa shape index (κ1) is 27.4. The number of esters is 1. The summed E-state index contributed by atoms with van der Waals surface area (Å²) < 4.78 is 47.1. The summed E-state index contributed by atoms with van der Waals surface area (Å²) in [5, 5.41) is 3.01. The third-order valence-electron chi connectivity index (χ3n) is 5.56. The summed E-state index contributed by atoms with van der Waals surface area (Å²) in [6.07, 6.45) is 2.87. The minimum atomic E-state index is -4.15. The molecule has 11 nitrogen and oxygen atoms in total. The van der Waals surface area contributed by atoms with Gasteiger partial charge in [-0.3, -0.25) is 9.78 Å². The number of hydrogen-bond acceptors (Lipinski definition) is 11. The largest absolute Gasteiger partial charge is 0.466 e. The van der Waals surface area contributed by atoms with E-state index in [4.69, 9.17) is 18.4 Å². The Morgan fingerprint density at radius 2 is 1.87 bits per heavy atom. The van der Waals surface area contributed by atoms with Crippen molar-refractivity contribution in [1.82, 2.24) is 15.0 Å². The van der Waals surface area contributed by atoms with Crippen LogP contribution in [0.15, 0.2) is 53.6 Å². The Morgan fingerprint density at radius 1 is 1.11 bits per heavy atom. The molecule has 202 valence electrons. The van der Waals surface area contributed by atoms with Gasteiger partial charge in [-0.25, -0.2) is 4.98 Å². The normalized spacial score (nSPS) is 13.8. The van der Waals surface area contributed by atoms with E-state index in [0.717, 1.165) is 11.1 Å². The maximum atomic E-state index is 12.9. The van der Waals surface area contributed by atoms with Crippen LogP contribution >= 0.6 is 0 Å². The maximum Gasteiger partial charge on any atom is 0.340 e. The molecule has 3 heterocycles. The summed E-state index contributed by atoms with van der Waals surface area (Å²) in [7, 11) is -4.15. The number of pyridine rings is 1. The maximum absolute atomic E-state index is 12.9. The molecule has 12 heteroatoms. The number of rotatable bonds is 12. The predicted octanol–water partition coefficient (Wildman–Crippen LogP) is 3.29. The topological polar surface area (TPSA) is 139 Å². The van der Waals surface area contributed by atoms with Crippen LogP contribution in [0.1, 0.15) is 30.9 Å². The highest BCUT2D eigenvalue weighted by Gasteiger charge is 2.20. The van der Waals surface area contributed by atoms with E-state index >= 15 is 0 Å². The fraction of sp³-hybridized carbons (Fsp3) is 0.385. The van der Waals surface area contributed by atoms with Crippen molar-refractivity contribution in [2.45, 2.75) is 44.3 Å². The quantitative estimate of drug-likeness (QED) is 0.266. The number of ether oxygens (including phenoxy) is 3. The molecular formula is C26H30N4O7S. The Bertz CT molecular complexity index is 1340. The van der Waals surface area contributed by atoms with Crippen LogP contribution in [0, 0.1) is 6.92 Å². The number of benzene rings is 1. The van der Waals surface area contributed by atoms with Gasteiger partial charge in [0.1, 0.15) is 16.4 Å². The van der Waals surface area contributed by atoms with Crippen LogP contribution in [0.4, 0.5) is 5.82 Å². The molecule has 1 fully saturated rings. The Morgan fingerprint density at radius 3 is 2.61 bits per heavy atom. The van der Waals surface area contributed by atoms with E-state index in [1.807, 2.05) is 19.1 Å². The van der Waals surface area contributed by atoms with Crippen LogP contribution in [-0.2, 0) is 35.5 Å². The van der Waals surface area contributed by atoms with Gasteiger partial charge in [0.2, 0.25) is 5.88 Å². The van der Waals surface area contributed by atoms with Gasteiger partial charge in [-0.15, -0.1) is 0 Å². The number of nitrogens with zero attached hydrogens (tertiary/aromatic N) is 3. The first-order valence-electron chi connectivity index (χ1n) is 12.3. The van der Waals surface area contributed by atoms with Gasteiger partial charge < -0.3 is 23.7 Å². The van der Waals surface area contributed by atoms with Gasteiger partial charge in [0, 0.05) is 25.2 Å². The summed E-state index contributed by atoms with van der Waals surface area (Å²) in [4.78, 5) is 24.9. The number of anilines is 1. The molecule has 0 bridgehead atoms. The lowest BCUT2D eigenvalue weighted by atomic mass is 10.1. The lowest BCUT2D eigenvalue weighted by Crippen LogP contribution is -2.14. The van der Waals surface area contributed by atoms with Gasteiger partial charge in [-0.05, 0) is 50.1 Å². The number of aryl methyl sites for hydroxylation is 2. The molecule has 0 amide bonds. The summed E-state index contributed by atoms with van der Waals surface area (Å²) in [5.74, 6) is -0.115. The standard InChI is InChI=1S/C26H30N4O7S/c1-3-34-24(31)11-13-28-22-17-23(37-38(32,33)20-7-4-18(2)5-8-20)30-26(29-22)21-16-19(10-12-27-21)6-9-25-35-14-15-36-25/h4-5,7-8,10,12,16-17,25H,3,6,9,11,13-15H2,1-2H3,(H,28,29,30). The first-order valence-corrected chi connectivity index (χ1v) is 13.7. The van der Waals surface area contributed by atoms with Crippen molar-refractivity contribution >= 4 is 21.9 Å². The molecule has 1 saturated heterocycles. The number of carbonyl (C=O) groups excluding carboxylic acids is 1. The molecule has 0 saturated carbocycles. The van der Waals surface area contributed by atoms with Crippen molar-refractivity contribution in [3.63, 3.8) is 0 Å². The van der Waals surface area contributed by atoms with Crippen molar-refractivity contribution in [2.24, 2.45) is 0 Å². The SMILES string of the molecule is CCOC(=O)CCNc1cc(OS(=O)(=O)c2ccc(C)cc2)nc(-c2cc(CCC3OCCO3)ccn2)n1. The molecule has 0 radical (unpaired) electrons. The van der Waals surface area contributed by atoms with Crippen molar-refractivity contribution in [3.05, 3.63) is 59.8 Å². The van der Waals surface area contributed by atoms with E-state index in [2.05, 4.69) is 20.3 Å². The Balaban J connectivity index is 1.58. The molecule has 1 aromatic carbocycles. The molecule has 1 aliphatic heterocycles. The number of carbonyl (C=O) groups is 1. The smallest absolute Gasteiger partial charge is 0.340 e. The number of nitrogens with one attached hydrogen (secondary N) is 1. The van der Waals surface area contributed by atoms with Gasteiger partial charge in [0.05, 0.1) is 26.2 Å². The van der Waals surface area contributed by atoms with Crippen LogP contribution in [0.25, 0.3) is 11.5 Å². The highest BCUT2D eigenvalue weighted by atomic mass is 32.2. The molecule has 2 aromatic heterocycles. The van der Waals surface area contributed by atoms with Crippen LogP contribution < -0.4 is 9.50 Å². The molecule has 0 unspecified atom stereocenters. The van der Waals surface area contributed by atoms with E-state index in [-0.39, 0.29) is 54.2 Å². The zero-order valence-electron chi connectivity index (χ0n) is 21.3. The average molecular weight is 543 g/mol. The summed E-state index contributed by atoms with van der Waals surface area (Å²) >= 11 is 0. The Kier molecular flexibility index (Phi) is 9.21. The predicted molar refractivity (Wildman–Crippen MR) is 138 cm³/mol. The zero-order valence-corrected chi connectivity index (χ0v) is 22.1. The van der Waals surface area contributed by atoms with Gasteiger partial charge >= 0.3 is 16.1 Å². The second-order valence-corrected chi connectivity index (χ2v) is 10.1. The minimum absolute atomic E-state index is 0.00319. The van der Waals surface area contributed by atoms with Gasteiger partial charge in [-0.1, -0.05) is 17.7 Å². The summed E-state index contributed by atoms with van der Waals surface area (Å²) in [5.41, 5.74) is 2.31. The average Bonchev–Trinajstić information content (AvgIpc) is 3.42. The molecule has 3 aromatic rings. The molecule has 4 rings (SSSR count). The van der Waals surface area contributed by atoms with Crippen LogP contribution in [0.3, 0.4) is 0 Å². The van der Waals surface area contributed by atoms with Crippen molar-refractivity contribution in [1.29, 1.82) is 0 Å². The summed E-state index contributed by atoms with van der Waals surface area (Å²) in [6.45, 7) is 5.27. The zero-order chi connectivity index (χ0) is 27.0. The third-order valence-corrected chi connectivity index (χ3v) is 6.80. The van der Waals surface area contributed by atoms with Crippen LogP contribution in [0.5, 0.6) is 5.88 Å². The van der Waals surface area contributed by atoms with Crippen molar-refractivity contribution in [3.8, 4) is 17.4 Å². The monoisotopic (exact) mass is 542 g/mol. The van der Waals surface area contributed by atoms with E-state index in [1.54, 1.807) is 25.3 Å². The fourth-order valence-electron chi connectivity index (χ4n) is 3.67. The lowest BCUT2D eigenvalue weighted by Gasteiger charge is -2.12. The van der Waals surface area contributed by atoms with E-state index in [1.165, 1.54) is 18.2 Å². The van der Waals surface area contributed by atoms with Crippen molar-refractivity contribution < 1.29 is 31.6 Å². The van der Waals surface area contributed by atoms with Crippen LogP contribution in [0.2, 0.25) is 0 Å². The molecular weight excluding hydrogens is 512 g/mol. The van der Waals surface area contributed by atoms with Crippen LogP contribution in [-0.4, -0.2) is 62.0 Å². The molecule has 1 N–H and O–H groups in total. The summed E-state index contributed by atoms with van der Waals surface area (Å²) in [6, 6.07) is 11.4. The molecule has 0 spiro atoms. The molecule has 0 aliphatic carbocycles. The van der Waals surface area contributed by atoms with Crippen molar-refractivity contribution in [2.75, 3.05) is 31.7 Å². The van der Waals surface area contributed by atoms with Gasteiger partial charge in [0.25, 0.3) is 0 Å². The van der Waals surface area contributed by atoms with E-state index < -0.39 is 10.1 Å². The van der Waals surface area contributed by atoms with Gasteiger partial charge in [-0.2, -0.15) is 13.4 Å². The molecule has 0 atom stereocenters. The Labute approximate surface area is 221 Å². The lowest BCUT2D eigenvalue weighted by molar-refractivity contribution is -0.142. The van der Waals surface area contributed by atoms with Gasteiger partial charge in [0.15, 0.2) is 12.1 Å². The van der Waals surface area contributed by atoms with E-state index in [9.17, 15) is 13.2 Å². The number of hydrogen-bond donors (Lipinski definition) is 1. The third kappa shape index (κ3) is 7.70. The highest BCUT2D eigenvalue weighted by Crippen LogP contribution is 2.24. The second-order valence-electron chi connectivity index (χ2n) is 8.51. The molecule has 38 heavy (non-hydrogen) atoms. The fourth-order valence-corrected chi connectivity index (χ4v) is 4.55.